The molecule has 1 aromatic carbocycles. The van der Waals surface area contributed by atoms with Gasteiger partial charge in [0.1, 0.15) is 6.04 Å². The number of halogens is 1. The molecule has 0 saturated carbocycles. The highest BCUT2D eigenvalue weighted by Crippen LogP contribution is 2.29. The van der Waals surface area contributed by atoms with Crippen molar-refractivity contribution in [3.05, 3.63) is 28.8 Å². The molecule has 0 spiro atoms. The van der Waals surface area contributed by atoms with Crippen LogP contribution in [-0.4, -0.2) is 43.9 Å². The highest BCUT2D eigenvalue weighted by atomic mass is 35.5. The van der Waals surface area contributed by atoms with Crippen molar-refractivity contribution in [1.82, 2.24) is 5.32 Å². The van der Waals surface area contributed by atoms with Gasteiger partial charge in [0.2, 0.25) is 5.91 Å². The predicted molar refractivity (Wildman–Crippen MR) is 78.1 cm³/mol. The Labute approximate surface area is 123 Å². The second kappa shape index (κ2) is 6.43. The summed E-state index contributed by atoms with van der Waals surface area (Å²) in [4.78, 5) is 13.9. The van der Waals surface area contributed by atoms with Gasteiger partial charge in [-0.25, -0.2) is 0 Å². The molecule has 1 aliphatic rings. The van der Waals surface area contributed by atoms with Crippen LogP contribution >= 0.6 is 11.6 Å². The molecule has 5 nitrogen and oxygen atoms in total. The summed E-state index contributed by atoms with van der Waals surface area (Å²) in [5.74, 6) is -0.0829. The smallest absolute Gasteiger partial charge is 0.244 e. The number of aliphatic hydroxyl groups excluding tert-OH is 1. The van der Waals surface area contributed by atoms with Crippen LogP contribution in [0.2, 0.25) is 5.02 Å². The molecule has 1 amide bonds. The first kappa shape index (κ1) is 15.1. The lowest BCUT2D eigenvalue weighted by molar-refractivity contribution is -0.124. The Morgan fingerprint density at radius 2 is 2.35 bits per heavy atom. The lowest BCUT2D eigenvalue weighted by Gasteiger charge is -2.36. The zero-order chi connectivity index (χ0) is 14.7. The van der Waals surface area contributed by atoms with Gasteiger partial charge in [0.05, 0.1) is 19.3 Å². The Balaban J connectivity index is 2.28. The van der Waals surface area contributed by atoms with Gasteiger partial charge in [0.25, 0.3) is 0 Å². The number of hydrogen-bond donors (Lipinski definition) is 2. The normalized spacial score (nSPS) is 20.6. The topological polar surface area (TPSA) is 61.8 Å². The van der Waals surface area contributed by atoms with Crippen molar-refractivity contribution in [3.8, 4) is 0 Å². The van der Waals surface area contributed by atoms with E-state index in [-0.39, 0.29) is 11.9 Å². The Morgan fingerprint density at radius 1 is 1.60 bits per heavy atom. The summed E-state index contributed by atoms with van der Waals surface area (Å²) in [6, 6.07) is 5.08. The molecule has 1 saturated heterocycles. The summed E-state index contributed by atoms with van der Waals surface area (Å²) in [5, 5.41) is 12.7. The number of amides is 1. The number of likely N-dealkylation sites (N-methyl/N-ethyl adjacent to an activating group) is 1. The zero-order valence-electron chi connectivity index (χ0n) is 11.6. The number of carbonyl (C=O) groups is 1. The minimum atomic E-state index is -0.615. The van der Waals surface area contributed by atoms with Gasteiger partial charge in [-0.2, -0.15) is 0 Å². The summed E-state index contributed by atoms with van der Waals surface area (Å²) in [6.07, 6.45) is -0.615. The number of carbonyl (C=O) groups excluding carboxylic acids is 1. The first-order valence-corrected chi connectivity index (χ1v) is 6.96. The summed E-state index contributed by atoms with van der Waals surface area (Å²) in [6.45, 7) is 3.23. The van der Waals surface area contributed by atoms with E-state index >= 15 is 0 Å². The summed E-state index contributed by atoms with van der Waals surface area (Å²) >= 11 is 6.19. The third kappa shape index (κ3) is 3.06. The van der Waals surface area contributed by atoms with E-state index in [1.54, 1.807) is 26.1 Å². The summed E-state index contributed by atoms with van der Waals surface area (Å²) in [7, 11) is 1.61. The number of hydrogen-bond acceptors (Lipinski definition) is 4. The molecule has 0 radical (unpaired) electrons. The van der Waals surface area contributed by atoms with Crippen LogP contribution in [0.25, 0.3) is 0 Å². The van der Waals surface area contributed by atoms with E-state index in [0.717, 1.165) is 5.69 Å². The minimum absolute atomic E-state index is 0.0829. The SMILES string of the molecule is CNC(=O)C1COCCN1c1ccc(C(C)O)c(Cl)c1. The van der Waals surface area contributed by atoms with E-state index < -0.39 is 6.10 Å². The highest BCUT2D eigenvalue weighted by molar-refractivity contribution is 6.31. The average Bonchev–Trinajstić information content (AvgIpc) is 2.46. The van der Waals surface area contributed by atoms with E-state index in [0.29, 0.717) is 30.3 Å². The van der Waals surface area contributed by atoms with E-state index in [1.807, 2.05) is 11.0 Å². The highest BCUT2D eigenvalue weighted by Gasteiger charge is 2.29. The van der Waals surface area contributed by atoms with Crippen molar-refractivity contribution in [3.63, 3.8) is 0 Å². The number of aliphatic hydroxyl groups is 1. The average molecular weight is 299 g/mol. The number of nitrogens with zero attached hydrogens (tertiary/aromatic N) is 1. The minimum Gasteiger partial charge on any atom is -0.389 e. The fourth-order valence-electron chi connectivity index (χ4n) is 2.33. The molecule has 0 aliphatic carbocycles. The molecule has 2 unspecified atom stereocenters. The molecule has 0 aromatic heterocycles. The van der Waals surface area contributed by atoms with Gasteiger partial charge in [-0.15, -0.1) is 0 Å². The predicted octanol–water partition coefficient (Wildman–Crippen LogP) is 1.34. The van der Waals surface area contributed by atoms with Crippen LogP contribution in [0.3, 0.4) is 0 Å². The number of rotatable bonds is 3. The molecule has 0 bridgehead atoms. The van der Waals surface area contributed by atoms with Gasteiger partial charge < -0.3 is 20.1 Å². The third-order valence-corrected chi connectivity index (χ3v) is 3.77. The number of ether oxygens (including phenoxy) is 1. The largest absolute Gasteiger partial charge is 0.389 e. The van der Waals surface area contributed by atoms with Crippen molar-refractivity contribution in [2.45, 2.75) is 19.1 Å². The van der Waals surface area contributed by atoms with Crippen LogP contribution in [-0.2, 0) is 9.53 Å². The number of nitrogens with one attached hydrogen (secondary N) is 1. The molecular formula is C14H19ClN2O3. The molecule has 2 rings (SSSR count). The molecule has 1 heterocycles. The van der Waals surface area contributed by atoms with Gasteiger partial charge in [-0.3, -0.25) is 4.79 Å². The molecular weight excluding hydrogens is 280 g/mol. The van der Waals surface area contributed by atoms with Crippen molar-refractivity contribution >= 4 is 23.2 Å². The molecule has 2 atom stereocenters. The van der Waals surface area contributed by atoms with E-state index in [1.165, 1.54) is 0 Å². The lowest BCUT2D eigenvalue weighted by atomic mass is 10.1. The molecule has 20 heavy (non-hydrogen) atoms. The van der Waals surface area contributed by atoms with Gasteiger partial charge in [0.15, 0.2) is 0 Å². The number of benzene rings is 1. The maximum atomic E-state index is 11.9. The zero-order valence-corrected chi connectivity index (χ0v) is 12.4. The van der Waals surface area contributed by atoms with Crippen molar-refractivity contribution in [2.75, 3.05) is 31.7 Å². The summed E-state index contributed by atoms with van der Waals surface area (Å²) in [5.41, 5.74) is 1.54. The van der Waals surface area contributed by atoms with E-state index in [4.69, 9.17) is 16.3 Å². The van der Waals surface area contributed by atoms with Crippen molar-refractivity contribution in [1.29, 1.82) is 0 Å². The molecule has 6 heteroatoms. The first-order valence-electron chi connectivity index (χ1n) is 6.58. The van der Waals surface area contributed by atoms with E-state index in [9.17, 15) is 9.90 Å². The van der Waals surface area contributed by atoms with Crippen molar-refractivity contribution in [2.24, 2.45) is 0 Å². The molecule has 1 aliphatic heterocycles. The van der Waals surface area contributed by atoms with Crippen molar-refractivity contribution < 1.29 is 14.6 Å². The second-order valence-electron chi connectivity index (χ2n) is 4.78. The maximum Gasteiger partial charge on any atom is 0.244 e. The lowest BCUT2D eigenvalue weighted by Crippen LogP contribution is -2.53. The Kier molecular flexibility index (Phi) is 4.86. The second-order valence-corrected chi connectivity index (χ2v) is 5.19. The Hall–Kier alpha value is -1.30. The Morgan fingerprint density at radius 3 is 2.95 bits per heavy atom. The quantitative estimate of drug-likeness (QED) is 0.884. The van der Waals surface area contributed by atoms with Gasteiger partial charge in [-0.1, -0.05) is 17.7 Å². The third-order valence-electron chi connectivity index (χ3n) is 3.44. The molecule has 110 valence electrons. The van der Waals surface area contributed by atoms with Crippen LogP contribution in [0, 0.1) is 0 Å². The molecule has 2 N–H and O–H groups in total. The molecule has 1 fully saturated rings. The van der Waals surface area contributed by atoms with Gasteiger partial charge >= 0.3 is 0 Å². The first-order chi connectivity index (χ1) is 9.54. The van der Waals surface area contributed by atoms with Crippen LogP contribution in [0.5, 0.6) is 0 Å². The number of anilines is 1. The Bertz CT molecular complexity index is 493. The van der Waals surface area contributed by atoms with Gasteiger partial charge in [-0.05, 0) is 24.6 Å². The fourth-order valence-corrected chi connectivity index (χ4v) is 2.66. The standard InChI is InChI=1S/C14H19ClN2O3/c1-9(18)11-4-3-10(7-12(11)15)17-5-6-20-8-13(17)14(19)16-2/h3-4,7,9,13,18H,5-6,8H2,1-2H3,(H,16,19). The number of morpholine rings is 1. The van der Waals surface area contributed by atoms with Crippen LogP contribution < -0.4 is 10.2 Å². The van der Waals surface area contributed by atoms with Gasteiger partial charge in [0, 0.05) is 24.3 Å². The van der Waals surface area contributed by atoms with Crippen LogP contribution in [0.1, 0.15) is 18.6 Å². The fraction of sp³-hybridized carbons (Fsp3) is 0.500. The van der Waals surface area contributed by atoms with Crippen LogP contribution in [0.4, 0.5) is 5.69 Å². The monoisotopic (exact) mass is 298 g/mol. The summed E-state index contributed by atoms with van der Waals surface area (Å²) < 4.78 is 5.37. The van der Waals surface area contributed by atoms with E-state index in [2.05, 4.69) is 5.32 Å². The maximum absolute atomic E-state index is 11.9. The molecule has 1 aromatic rings. The van der Waals surface area contributed by atoms with Crippen LogP contribution in [0.15, 0.2) is 18.2 Å².